The van der Waals surface area contributed by atoms with Gasteiger partial charge < -0.3 is 19.3 Å². The first kappa shape index (κ1) is 33.8. The third-order valence-electron chi connectivity index (χ3n) is 10.1. The predicted octanol–water partition coefficient (Wildman–Crippen LogP) is 6.73. The average molecular weight is 688 g/mol. The van der Waals surface area contributed by atoms with Crippen LogP contribution in [0.2, 0.25) is 0 Å². The van der Waals surface area contributed by atoms with Crippen LogP contribution >= 0.6 is 0 Å². The molecule has 0 N–H and O–H groups in total. The van der Waals surface area contributed by atoms with Gasteiger partial charge in [0.05, 0.1) is 29.5 Å². The zero-order valence-corrected chi connectivity index (χ0v) is 28.7. The van der Waals surface area contributed by atoms with E-state index in [-0.39, 0.29) is 43.3 Å². The lowest BCUT2D eigenvalue weighted by Crippen LogP contribution is -2.56. The molecule has 262 valence electrons. The van der Waals surface area contributed by atoms with E-state index in [9.17, 15) is 18.8 Å². The fraction of sp³-hybridized carbons (Fsp3) is 0.486. The van der Waals surface area contributed by atoms with Gasteiger partial charge in [0.1, 0.15) is 41.2 Å². The Hall–Kier alpha value is -4.70. The van der Waals surface area contributed by atoms with E-state index in [1.165, 1.54) is 12.3 Å². The van der Waals surface area contributed by atoms with Crippen molar-refractivity contribution < 1.29 is 27.4 Å². The van der Waals surface area contributed by atoms with Crippen molar-refractivity contribution in [2.24, 2.45) is 0 Å². The smallest absolute Gasteiger partial charge is 0.410 e. The maximum Gasteiger partial charge on any atom is 0.410 e. The summed E-state index contributed by atoms with van der Waals surface area (Å²) in [6.45, 7) is 9.02. The number of aryl methyl sites for hydroxylation is 1. The van der Waals surface area contributed by atoms with E-state index in [0.29, 0.717) is 47.2 Å². The summed E-state index contributed by atoms with van der Waals surface area (Å²) in [5, 5.41) is 11.3. The van der Waals surface area contributed by atoms with Gasteiger partial charge in [-0.25, -0.2) is 18.0 Å². The van der Waals surface area contributed by atoms with Gasteiger partial charge in [-0.2, -0.15) is 15.2 Å². The number of carbonyl (C=O) groups is 1. The van der Waals surface area contributed by atoms with E-state index in [2.05, 4.69) is 20.9 Å². The van der Waals surface area contributed by atoms with Gasteiger partial charge in [0.15, 0.2) is 5.82 Å². The van der Waals surface area contributed by atoms with E-state index in [4.69, 9.17) is 14.5 Å². The van der Waals surface area contributed by atoms with Crippen molar-refractivity contribution in [1.82, 2.24) is 24.8 Å². The predicted molar refractivity (Wildman–Crippen MR) is 183 cm³/mol. The third kappa shape index (κ3) is 6.14. The van der Waals surface area contributed by atoms with Crippen LogP contribution in [-0.2, 0) is 4.74 Å². The highest BCUT2D eigenvalue weighted by molar-refractivity contribution is 6.00. The molecule has 0 unspecified atom stereocenters. The highest BCUT2D eigenvalue weighted by atomic mass is 19.1. The lowest BCUT2D eigenvalue weighted by atomic mass is 9.95. The van der Waals surface area contributed by atoms with Gasteiger partial charge in [-0.3, -0.25) is 9.88 Å². The first-order chi connectivity index (χ1) is 23.9. The molecule has 3 fully saturated rings. The van der Waals surface area contributed by atoms with Gasteiger partial charge >= 0.3 is 12.1 Å². The number of piperazine rings is 1. The number of pyridine rings is 1. The van der Waals surface area contributed by atoms with Crippen molar-refractivity contribution in [2.75, 3.05) is 44.2 Å². The maximum atomic E-state index is 16.9. The van der Waals surface area contributed by atoms with Crippen molar-refractivity contribution in [3.8, 4) is 23.3 Å². The molecule has 2 aromatic carbocycles. The molecule has 50 heavy (non-hydrogen) atoms. The number of fused-ring (bicyclic) bond motifs is 3. The number of hydrogen-bond acceptors (Lipinski definition) is 9. The lowest BCUT2D eigenvalue weighted by Gasteiger charge is -2.41. The zero-order valence-electron chi connectivity index (χ0n) is 28.7. The number of anilines is 1. The molecule has 3 saturated heterocycles. The van der Waals surface area contributed by atoms with E-state index < -0.39 is 41.1 Å². The standard InChI is InChI=1S/C37H40F3N7O3/c1-22-28(39)10-9-23-7-5-8-26(29(22)23)31-30(40)32-27(18-42-31)33(44-34(43-32)49-21-37-12-6-14-46(37)19-24(38)17-37)45-15-16-47(25(20-45)11-13-41)35(48)50-36(2,3)4/h5,7-10,18,24-25H,6,11-12,14-17,19-21H2,1-4H3/t24-,25+,37+/m1/s1. The molecule has 0 radical (unpaired) electrons. The first-order valence-corrected chi connectivity index (χ1v) is 17.1. The van der Waals surface area contributed by atoms with Crippen LogP contribution in [-0.4, -0.2) is 93.5 Å². The molecule has 3 atom stereocenters. The Morgan fingerprint density at radius 3 is 2.72 bits per heavy atom. The molecule has 3 aliphatic heterocycles. The number of carbonyl (C=O) groups excluding carboxylic acids is 1. The summed E-state index contributed by atoms with van der Waals surface area (Å²) in [6, 6.07) is 9.91. The van der Waals surface area contributed by atoms with Gasteiger partial charge in [0.2, 0.25) is 0 Å². The van der Waals surface area contributed by atoms with Crippen molar-refractivity contribution in [3.63, 3.8) is 0 Å². The number of aromatic nitrogens is 3. The van der Waals surface area contributed by atoms with Gasteiger partial charge in [0, 0.05) is 44.4 Å². The van der Waals surface area contributed by atoms with Gasteiger partial charge in [-0.15, -0.1) is 0 Å². The molecule has 10 nitrogen and oxygen atoms in total. The van der Waals surface area contributed by atoms with Crippen LogP contribution in [0.25, 0.3) is 32.9 Å². The van der Waals surface area contributed by atoms with E-state index >= 15 is 4.39 Å². The average Bonchev–Trinajstić information content (AvgIpc) is 3.60. The van der Waals surface area contributed by atoms with Crippen LogP contribution in [0.4, 0.5) is 23.8 Å². The van der Waals surface area contributed by atoms with Crippen molar-refractivity contribution in [2.45, 2.75) is 76.7 Å². The zero-order chi connectivity index (χ0) is 35.4. The molecule has 1 amide bonds. The second-order valence-electron chi connectivity index (χ2n) is 14.6. The lowest BCUT2D eigenvalue weighted by molar-refractivity contribution is 0.0145. The molecule has 5 heterocycles. The first-order valence-electron chi connectivity index (χ1n) is 17.1. The van der Waals surface area contributed by atoms with E-state index in [1.807, 2.05) is 11.0 Å². The molecule has 13 heteroatoms. The van der Waals surface area contributed by atoms with E-state index in [1.54, 1.807) is 50.8 Å². The van der Waals surface area contributed by atoms with Gasteiger partial charge in [0.25, 0.3) is 0 Å². The number of benzene rings is 2. The third-order valence-corrected chi connectivity index (χ3v) is 10.1. The molecule has 2 aromatic heterocycles. The molecule has 0 bridgehead atoms. The Labute approximate surface area is 288 Å². The number of halogens is 3. The summed E-state index contributed by atoms with van der Waals surface area (Å²) in [7, 11) is 0. The Kier molecular flexibility index (Phi) is 8.70. The van der Waals surface area contributed by atoms with Gasteiger partial charge in [-0.05, 0) is 69.5 Å². The summed E-state index contributed by atoms with van der Waals surface area (Å²) in [5.74, 6) is -0.796. The molecule has 3 aliphatic rings. The largest absolute Gasteiger partial charge is 0.461 e. The minimum atomic E-state index is -0.953. The molecule has 0 saturated carbocycles. The van der Waals surface area contributed by atoms with Crippen LogP contribution in [0.15, 0.2) is 36.5 Å². The van der Waals surface area contributed by atoms with Crippen molar-refractivity contribution >= 4 is 33.6 Å². The molecule has 4 aromatic rings. The number of nitriles is 1. The van der Waals surface area contributed by atoms with Crippen LogP contribution in [0, 0.1) is 29.9 Å². The quantitative estimate of drug-likeness (QED) is 0.218. The van der Waals surface area contributed by atoms with Crippen LogP contribution in [0.5, 0.6) is 6.01 Å². The highest BCUT2D eigenvalue weighted by Crippen LogP contribution is 2.41. The second-order valence-corrected chi connectivity index (χ2v) is 14.6. The fourth-order valence-electron chi connectivity index (χ4n) is 7.78. The molecular formula is C37H40F3N7O3. The maximum absolute atomic E-state index is 16.9. The minimum absolute atomic E-state index is 0.00104. The fourth-order valence-corrected chi connectivity index (χ4v) is 7.78. The number of alkyl halides is 1. The number of ether oxygens (including phenoxy) is 2. The summed E-state index contributed by atoms with van der Waals surface area (Å²) >= 11 is 0. The summed E-state index contributed by atoms with van der Waals surface area (Å²) < 4.78 is 58.1. The monoisotopic (exact) mass is 687 g/mol. The normalized spacial score (nSPS) is 22.6. The topological polar surface area (TPSA) is 108 Å². The summed E-state index contributed by atoms with van der Waals surface area (Å²) in [6.07, 6.45) is 2.12. The SMILES string of the molecule is Cc1c(F)ccc2cccc(-c3ncc4c(N5CCN(C(=O)OC(C)(C)C)[C@@H](CC#N)C5)nc(OC[C@@]56CCCN5C[C@H](F)C6)nc4c3F)c12. The number of amides is 1. The number of rotatable bonds is 6. The van der Waals surface area contributed by atoms with Crippen LogP contribution < -0.4 is 9.64 Å². The minimum Gasteiger partial charge on any atom is -0.461 e. The Bertz CT molecular complexity index is 2010. The van der Waals surface area contributed by atoms with E-state index in [0.717, 1.165) is 24.8 Å². The highest BCUT2D eigenvalue weighted by Gasteiger charge is 2.49. The van der Waals surface area contributed by atoms with Crippen LogP contribution in [0.3, 0.4) is 0 Å². The number of nitrogens with zero attached hydrogens (tertiary/aromatic N) is 7. The molecule has 0 aliphatic carbocycles. The Balaban J connectivity index is 1.31. The summed E-state index contributed by atoms with van der Waals surface area (Å²) in [5.41, 5.74) is -0.444. The number of hydrogen-bond donors (Lipinski definition) is 0. The second kappa shape index (κ2) is 12.9. The molecule has 0 spiro atoms. The van der Waals surface area contributed by atoms with Crippen LogP contribution in [0.1, 0.15) is 52.0 Å². The molecular weight excluding hydrogens is 647 g/mol. The Morgan fingerprint density at radius 1 is 1.12 bits per heavy atom. The van der Waals surface area contributed by atoms with Crippen molar-refractivity contribution in [3.05, 3.63) is 53.7 Å². The van der Waals surface area contributed by atoms with Crippen molar-refractivity contribution in [1.29, 1.82) is 5.26 Å². The Morgan fingerprint density at radius 2 is 1.94 bits per heavy atom. The summed E-state index contributed by atoms with van der Waals surface area (Å²) in [4.78, 5) is 32.5. The molecule has 7 rings (SSSR count). The van der Waals surface area contributed by atoms with Gasteiger partial charge in [-0.1, -0.05) is 24.3 Å².